The van der Waals surface area contributed by atoms with E-state index in [1.165, 1.54) is 16.6 Å². The third-order valence-corrected chi connectivity index (χ3v) is 6.44. The number of sulfonamides is 1. The largest absolute Gasteiger partial charge is 0.390 e. The van der Waals surface area contributed by atoms with Crippen molar-refractivity contribution in [3.05, 3.63) is 24.4 Å². The van der Waals surface area contributed by atoms with E-state index >= 15 is 0 Å². The fourth-order valence-corrected chi connectivity index (χ4v) is 4.32. The first-order valence-electron chi connectivity index (χ1n) is 8.89. The monoisotopic (exact) mass is 398 g/mol. The third kappa shape index (κ3) is 5.72. The second kappa shape index (κ2) is 9.25. The number of hydrogen-bond donors (Lipinski definition) is 3. The number of amides is 2. The molecular weight excluding hydrogens is 372 g/mol. The van der Waals surface area contributed by atoms with Crippen molar-refractivity contribution < 1.29 is 23.1 Å². The van der Waals surface area contributed by atoms with Crippen molar-refractivity contribution in [2.45, 2.75) is 49.8 Å². The Bertz CT molecular complexity index is 756. The number of nitrogens with two attached hydrogens (primary N) is 1. The molecule has 1 aromatic heterocycles. The number of β-amino-alcohol motifs (C(OH)–C–C–N with tert-alkyl or cyclic N) is 1. The quantitative estimate of drug-likeness (QED) is 0.571. The molecule has 0 radical (unpaired) electrons. The molecule has 2 rings (SSSR count). The maximum atomic E-state index is 12.7. The fraction of sp³-hybridized carbons (Fsp3) is 0.588. The second-order valence-electron chi connectivity index (χ2n) is 6.76. The van der Waals surface area contributed by atoms with Crippen LogP contribution in [0.5, 0.6) is 0 Å². The number of primary amides is 1. The number of carbonyl (C=O) groups is 2. The molecule has 0 aromatic carbocycles. The van der Waals surface area contributed by atoms with E-state index in [2.05, 4.69) is 10.3 Å². The van der Waals surface area contributed by atoms with Crippen LogP contribution in [-0.4, -0.2) is 59.9 Å². The van der Waals surface area contributed by atoms with Crippen molar-refractivity contribution in [3.63, 3.8) is 0 Å². The van der Waals surface area contributed by atoms with E-state index in [0.717, 1.165) is 0 Å². The first kappa shape index (κ1) is 21.3. The standard InChI is InChI=1S/C17H26N4O5S/c1-12(17(18)24)7-8-15(23)20-13-5-4-10-21(11-14(13)22)27(25,26)16-6-2-3-9-19-16/h2-3,6,9,12-14,22H,4-5,7-8,10-11H2,1H3,(H2,18,24)(H,20,23)/t12?,13?,14-/m0/s1. The van der Waals surface area contributed by atoms with Crippen LogP contribution in [-0.2, 0) is 19.6 Å². The summed E-state index contributed by atoms with van der Waals surface area (Å²) in [6.07, 6.45) is 1.74. The number of hydrogen-bond acceptors (Lipinski definition) is 6. The SMILES string of the molecule is CC(CCC(=O)NC1CCCN(S(=O)(=O)c2ccccn2)C[C@@H]1O)C(N)=O. The summed E-state index contributed by atoms with van der Waals surface area (Å²) < 4.78 is 26.5. The smallest absolute Gasteiger partial charge is 0.260 e. The predicted molar refractivity (Wildman–Crippen MR) is 97.8 cm³/mol. The minimum absolute atomic E-state index is 0.0693. The average molecular weight is 398 g/mol. The van der Waals surface area contributed by atoms with Gasteiger partial charge >= 0.3 is 0 Å². The molecule has 0 aliphatic carbocycles. The Morgan fingerprint density at radius 2 is 2.19 bits per heavy atom. The van der Waals surface area contributed by atoms with Crippen LogP contribution >= 0.6 is 0 Å². The molecule has 2 amide bonds. The number of pyridine rings is 1. The number of nitrogens with zero attached hydrogens (tertiary/aromatic N) is 2. The zero-order valence-electron chi connectivity index (χ0n) is 15.2. The van der Waals surface area contributed by atoms with Gasteiger partial charge in [-0.2, -0.15) is 4.31 Å². The fourth-order valence-electron chi connectivity index (χ4n) is 2.89. The highest BCUT2D eigenvalue weighted by molar-refractivity contribution is 7.89. The predicted octanol–water partition coefficient (Wildman–Crippen LogP) is -0.387. The zero-order valence-corrected chi connectivity index (χ0v) is 16.1. The molecule has 1 aliphatic heterocycles. The van der Waals surface area contributed by atoms with Crippen LogP contribution in [0.2, 0.25) is 0 Å². The minimum atomic E-state index is -3.80. The van der Waals surface area contributed by atoms with Crippen LogP contribution in [0.15, 0.2) is 29.4 Å². The number of rotatable bonds is 7. The number of carbonyl (C=O) groups excluding carboxylic acids is 2. The third-order valence-electron chi connectivity index (χ3n) is 4.66. The molecule has 10 heteroatoms. The van der Waals surface area contributed by atoms with Gasteiger partial charge in [-0.3, -0.25) is 9.59 Å². The van der Waals surface area contributed by atoms with Gasteiger partial charge in [0.05, 0.1) is 12.1 Å². The van der Waals surface area contributed by atoms with Gasteiger partial charge in [-0.25, -0.2) is 13.4 Å². The van der Waals surface area contributed by atoms with Crippen LogP contribution in [0.4, 0.5) is 0 Å². The van der Waals surface area contributed by atoms with Gasteiger partial charge in [0.1, 0.15) is 0 Å². The molecule has 2 unspecified atom stereocenters. The molecule has 4 N–H and O–H groups in total. The maximum absolute atomic E-state index is 12.7. The van der Waals surface area contributed by atoms with E-state index in [-0.39, 0.29) is 30.4 Å². The van der Waals surface area contributed by atoms with Gasteiger partial charge in [-0.1, -0.05) is 13.0 Å². The summed E-state index contributed by atoms with van der Waals surface area (Å²) in [6.45, 7) is 1.76. The van der Waals surface area contributed by atoms with Gasteiger partial charge in [-0.15, -0.1) is 0 Å². The molecule has 3 atom stereocenters. The van der Waals surface area contributed by atoms with E-state index in [1.807, 2.05) is 0 Å². The molecule has 150 valence electrons. The highest BCUT2D eigenvalue weighted by Crippen LogP contribution is 2.19. The second-order valence-corrected chi connectivity index (χ2v) is 8.64. The van der Waals surface area contributed by atoms with Crippen molar-refractivity contribution in [1.82, 2.24) is 14.6 Å². The molecule has 9 nitrogen and oxygen atoms in total. The van der Waals surface area contributed by atoms with Crippen LogP contribution in [0, 0.1) is 5.92 Å². The summed E-state index contributed by atoms with van der Waals surface area (Å²) in [7, 11) is -3.80. The number of aliphatic hydroxyl groups excluding tert-OH is 1. The van der Waals surface area contributed by atoms with Crippen molar-refractivity contribution >= 4 is 21.8 Å². The van der Waals surface area contributed by atoms with Crippen molar-refractivity contribution in [3.8, 4) is 0 Å². The summed E-state index contributed by atoms with van der Waals surface area (Å²) in [6, 6.07) is 4.07. The van der Waals surface area contributed by atoms with Crippen LogP contribution in [0.25, 0.3) is 0 Å². The average Bonchev–Trinajstić information content (AvgIpc) is 2.82. The highest BCUT2D eigenvalue weighted by Gasteiger charge is 2.33. The van der Waals surface area contributed by atoms with Crippen molar-refractivity contribution in [2.75, 3.05) is 13.1 Å². The van der Waals surface area contributed by atoms with E-state index < -0.39 is 34.0 Å². The Balaban J connectivity index is 1.97. The van der Waals surface area contributed by atoms with Gasteiger partial charge in [0.2, 0.25) is 11.8 Å². The Morgan fingerprint density at radius 3 is 2.81 bits per heavy atom. The van der Waals surface area contributed by atoms with Gasteiger partial charge in [0.25, 0.3) is 10.0 Å². The lowest BCUT2D eigenvalue weighted by atomic mass is 10.0. The van der Waals surface area contributed by atoms with E-state index in [9.17, 15) is 23.1 Å². The lowest BCUT2D eigenvalue weighted by molar-refractivity contribution is -0.124. The molecule has 1 fully saturated rings. The first-order chi connectivity index (χ1) is 12.7. The van der Waals surface area contributed by atoms with Crippen LogP contribution < -0.4 is 11.1 Å². The summed E-state index contributed by atoms with van der Waals surface area (Å²) in [5.74, 6) is -1.17. The minimum Gasteiger partial charge on any atom is -0.390 e. The summed E-state index contributed by atoms with van der Waals surface area (Å²) in [5, 5.41) is 13.1. The Labute approximate surface area is 159 Å². The topological polar surface area (TPSA) is 143 Å². The molecule has 0 saturated carbocycles. The number of aromatic nitrogens is 1. The van der Waals surface area contributed by atoms with E-state index in [1.54, 1.807) is 19.1 Å². The van der Waals surface area contributed by atoms with E-state index in [0.29, 0.717) is 19.3 Å². The number of aliphatic hydroxyl groups is 1. The lowest BCUT2D eigenvalue weighted by Crippen LogP contribution is -2.47. The zero-order chi connectivity index (χ0) is 20.0. The van der Waals surface area contributed by atoms with E-state index in [4.69, 9.17) is 5.73 Å². The van der Waals surface area contributed by atoms with Gasteiger partial charge in [-0.05, 0) is 31.4 Å². The summed E-state index contributed by atoms with van der Waals surface area (Å²) in [5.41, 5.74) is 5.18. The molecule has 1 aliphatic rings. The first-order valence-corrected chi connectivity index (χ1v) is 10.3. The molecular formula is C17H26N4O5S. The number of nitrogens with one attached hydrogen (secondary N) is 1. The van der Waals surface area contributed by atoms with Gasteiger partial charge < -0.3 is 16.2 Å². The molecule has 0 spiro atoms. The lowest BCUT2D eigenvalue weighted by Gasteiger charge is -2.25. The summed E-state index contributed by atoms with van der Waals surface area (Å²) >= 11 is 0. The normalized spacial score (nSPS) is 22.6. The summed E-state index contributed by atoms with van der Waals surface area (Å²) in [4.78, 5) is 27.0. The molecule has 27 heavy (non-hydrogen) atoms. The molecule has 1 saturated heterocycles. The van der Waals surface area contributed by atoms with Crippen molar-refractivity contribution in [1.29, 1.82) is 0 Å². The molecule has 2 heterocycles. The molecule has 0 bridgehead atoms. The van der Waals surface area contributed by atoms with Crippen molar-refractivity contribution in [2.24, 2.45) is 11.7 Å². The van der Waals surface area contributed by atoms with Crippen LogP contribution in [0.3, 0.4) is 0 Å². The Hall–Kier alpha value is -2.04. The Kier molecular flexibility index (Phi) is 7.28. The Morgan fingerprint density at radius 1 is 1.44 bits per heavy atom. The van der Waals surface area contributed by atoms with Gasteiger partial charge in [0.15, 0.2) is 5.03 Å². The van der Waals surface area contributed by atoms with Gasteiger partial charge in [0, 0.05) is 31.6 Å². The highest BCUT2D eigenvalue weighted by atomic mass is 32.2. The molecule has 1 aromatic rings. The maximum Gasteiger partial charge on any atom is 0.260 e. The van der Waals surface area contributed by atoms with Crippen LogP contribution in [0.1, 0.15) is 32.6 Å².